The molecular weight excluding hydrogens is 376 g/mol. The average Bonchev–Trinajstić information content (AvgIpc) is 2.68. The third-order valence-corrected chi connectivity index (χ3v) is 11.7. The van der Waals surface area contributed by atoms with Crippen LogP contribution in [0.5, 0.6) is 0 Å². The predicted molar refractivity (Wildman–Crippen MR) is 112 cm³/mol. The molecule has 4 nitrogen and oxygen atoms in total. The number of rotatable bonds is 6. The molecule has 0 amide bonds. The van der Waals surface area contributed by atoms with Gasteiger partial charge in [-0.3, -0.25) is 4.79 Å². The number of carbonyl (C=O) groups excluding carboxylic acids is 2. The molecule has 4 heteroatoms. The van der Waals surface area contributed by atoms with E-state index in [1.807, 2.05) is 20.8 Å². The molecule has 0 radical (unpaired) electrons. The minimum Gasteiger partial charge on any atom is -0.457 e. The van der Waals surface area contributed by atoms with E-state index in [0.717, 1.165) is 29.6 Å². The maximum atomic E-state index is 12.7. The maximum Gasteiger partial charge on any atom is 0.344 e. The van der Waals surface area contributed by atoms with Crippen LogP contribution in [0.25, 0.3) is 0 Å². The highest BCUT2D eigenvalue weighted by molar-refractivity contribution is 5.80. The van der Waals surface area contributed by atoms with Gasteiger partial charge in [0.1, 0.15) is 5.60 Å². The van der Waals surface area contributed by atoms with Crippen LogP contribution in [0.1, 0.15) is 86.0 Å². The fourth-order valence-electron chi connectivity index (χ4n) is 10.2. The second-order valence-corrected chi connectivity index (χ2v) is 13.3. The van der Waals surface area contributed by atoms with Crippen molar-refractivity contribution < 1.29 is 19.1 Å². The normalized spacial score (nSPS) is 49.2. The Morgan fingerprint density at radius 3 is 2.20 bits per heavy atom. The van der Waals surface area contributed by atoms with E-state index >= 15 is 0 Å². The molecule has 8 rings (SSSR count). The standard InChI is InChI=1S/C26H38O4/c1-6-22(2,3)21(28)29-11-20(27)30-23(4,5)24-10-16-17-7-15-8-18(16)26(13-24)14-25(17,12-24)19(26)9-15/h15-19H,6-14H2,1-5H3. The van der Waals surface area contributed by atoms with Crippen molar-refractivity contribution >= 4 is 11.9 Å². The van der Waals surface area contributed by atoms with E-state index in [1.165, 1.54) is 44.9 Å². The van der Waals surface area contributed by atoms with E-state index in [2.05, 4.69) is 13.8 Å². The Hall–Kier alpha value is -1.06. The Labute approximate surface area is 180 Å². The van der Waals surface area contributed by atoms with Gasteiger partial charge in [-0.2, -0.15) is 0 Å². The predicted octanol–water partition coefficient (Wildman–Crippen LogP) is 5.14. The number of ether oxygens (including phenoxy) is 2. The average molecular weight is 415 g/mol. The fourth-order valence-corrected chi connectivity index (χ4v) is 10.2. The summed E-state index contributed by atoms with van der Waals surface area (Å²) in [5.74, 6) is 4.07. The quantitative estimate of drug-likeness (QED) is 0.565. The van der Waals surface area contributed by atoms with Gasteiger partial charge in [0.05, 0.1) is 5.41 Å². The molecule has 0 aromatic rings. The second kappa shape index (κ2) is 5.46. The summed E-state index contributed by atoms with van der Waals surface area (Å²) in [6.07, 6.45) is 10.4. The van der Waals surface area contributed by atoms with E-state index in [-0.39, 0.29) is 24.0 Å². The minimum absolute atomic E-state index is 0.117. The van der Waals surface area contributed by atoms with Crippen LogP contribution in [0.2, 0.25) is 0 Å². The Morgan fingerprint density at radius 1 is 0.967 bits per heavy atom. The number of carbonyl (C=O) groups is 2. The van der Waals surface area contributed by atoms with E-state index in [4.69, 9.17) is 9.47 Å². The Kier molecular flexibility index (Phi) is 3.57. The molecule has 0 aromatic carbocycles. The van der Waals surface area contributed by atoms with Gasteiger partial charge in [-0.15, -0.1) is 0 Å². The van der Waals surface area contributed by atoms with Crippen LogP contribution in [-0.4, -0.2) is 24.1 Å². The van der Waals surface area contributed by atoms with Gasteiger partial charge in [-0.1, -0.05) is 6.92 Å². The fraction of sp³-hybridized carbons (Fsp3) is 0.923. The van der Waals surface area contributed by atoms with E-state index < -0.39 is 11.0 Å². The molecule has 8 bridgehead atoms. The third kappa shape index (κ3) is 2.05. The minimum atomic E-state index is -0.562. The summed E-state index contributed by atoms with van der Waals surface area (Å²) in [5.41, 5.74) is 0.191. The maximum absolute atomic E-state index is 12.7. The van der Waals surface area contributed by atoms with Gasteiger partial charge in [0.15, 0.2) is 6.61 Å². The van der Waals surface area contributed by atoms with Gasteiger partial charge in [0.2, 0.25) is 0 Å². The molecule has 0 aromatic heterocycles. The topological polar surface area (TPSA) is 52.6 Å². The summed E-state index contributed by atoms with van der Waals surface area (Å²) in [6.45, 7) is 9.68. The van der Waals surface area contributed by atoms with Crippen LogP contribution in [-0.2, 0) is 19.1 Å². The summed E-state index contributed by atoms with van der Waals surface area (Å²) in [5, 5.41) is 0. The molecule has 4 unspecified atom stereocenters. The first kappa shape index (κ1) is 19.6. The van der Waals surface area contributed by atoms with Crippen molar-refractivity contribution in [3.8, 4) is 0 Å². The van der Waals surface area contributed by atoms with Gasteiger partial charge < -0.3 is 9.47 Å². The summed E-state index contributed by atoms with van der Waals surface area (Å²) < 4.78 is 11.5. The largest absolute Gasteiger partial charge is 0.457 e. The van der Waals surface area contributed by atoms with Crippen molar-refractivity contribution in [3.05, 3.63) is 0 Å². The molecule has 8 fully saturated rings. The van der Waals surface area contributed by atoms with Crippen LogP contribution in [0.15, 0.2) is 0 Å². The number of hydrogen-bond acceptors (Lipinski definition) is 4. The molecule has 0 N–H and O–H groups in total. The molecule has 0 heterocycles. The summed E-state index contributed by atoms with van der Waals surface area (Å²) in [7, 11) is 0. The Morgan fingerprint density at radius 2 is 1.60 bits per heavy atom. The van der Waals surface area contributed by atoms with Crippen molar-refractivity contribution in [2.75, 3.05) is 6.61 Å². The highest BCUT2D eigenvalue weighted by Crippen LogP contribution is 2.92. The molecule has 0 aliphatic heterocycles. The van der Waals surface area contributed by atoms with Crippen LogP contribution < -0.4 is 0 Å². The Balaban J connectivity index is 1.19. The molecule has 8 aliphatic carbocycles. The van der Waals surface area contributed by atoms with Gasteiger partial charge in [-0.25, -0.2) is 4.79 Å². The summed E-state index contributed by atoms with van der Waals surface area (Å²) in [6, 6.07) is 0. The van der Waals surface area contributed by atoms with Crippen LogP contribution in [0.4, 0.5) is 0 Å². The van der Waals surface area contributed by atoms with Gasteiger partial charge in [0.25, 0.3) is 0 Å². The van der Waals surface area contributed by atoms with Gasteiger partial charge >= 0.3 is 11.9 Å². The smallest absolute Gasteiger partial charge is 0.344 e. The summed E-state index contributed by atoms with van der Waals surface area (Å²) >= 11 is 0. The van der Waals surface area contributed by atoms with Crippen LogP contribution in [0.3, 0.4) is 0 Å². The first-order valence-electron chi connectivity index (χ1n) is 12.4. The van der Waals surface area contributed by atoms with E-state index in [1.54, 1.807) is 0 Å². The molecule has 8 aliphatic rings. The third-order valence-electron chi connectivity index (χ3n) is 11.7. The molecular formula is C26H38O4. The zero-order valence-electron chi connectivity index (χ0n) is 19.4. The number of hydrogen-bond donors (Lipinski definition) is 0. The first-order chi connectivity index (χ1) is 14.0. The molecule has 2 spiro atoms. The van der Waals surface area contributed by atoms with E-state index in [9.17, 15) is 9.59 Å². The van der Waals surface area contributed by atoms with Crippen molar-refractivity contribution in [2.45, 2.75) is 91.6 Å². The van der Waals surface area contributed by atoms with Crippen LogP contribution >= 0.6 is 0 Å². The first-order valence-corrected chi connectivity index (χ1v) is 12.4. The van der Waals surface area contributed by atoms with E-state index in [0.29, 0.717) is 17.3 Å². The highest BCUT2D eigenvalue weighted by atomic mass is 16.6. The molecule has 0 saturated heterocycles. The summed E-state index contributed by atoms with van der Waals surface area (Å²) in [4.78, 5) is 25.0. The number of esters is 2. The molecule has 30 heavy (non-hydrogen) atoms. The molecule has 4 atom stereocenters. The highest BCUT2D eigenvalue weighted by Gasteiger charge is 2.86. The molecule has 166 valence electrons. The van der Waals surface area contributed by atoms with Crippen molar-refractivity contribution in [1.82, 2.24) is 0 Å². The Bertz CT molecular complexity index is 779. The SMILES string of the molecule is CCC(C)(C)C(=O)OCC(=O)OC(C)(C)C12CC3C4CC5CC3C3(CC4(C1)C3C5)C2. The van der Waals surface area contributed by atoms with Crippen molar-refractivity contribution in [2.24, 2.45) is 51.2 Å². The van der Waals surface area contributed by atoms with Crippen LogP contribution in [0, 0.1) is 51.2 Å². The van der Waals surface area contributed by atoms with Crippen molar-refractivity contribution in [1.29, 1.82) is 0 Å². The lowest BCUT2D eigenvalue weighted by Crippen LogP contribution is -2.84. The second-order valence-electron chi connectivity index (χ2n) is 13.3. The van der Waals surface area contributed by atoms with Gasteiger partial charge in [0, 0.05) is 5.41 Å². The monoisotopic (exact) mass is 414 g/mol. The lowest BCUT2D eigenvalue weighted by Gasteiger charge is -2.90. The van der Waals surface area contributed by atoms with Gasteiger partial charge in [-0.05, 0) is 119 Å². The zero-order chi connectivity index (χ0) is 21.3. The lowest BCUT2D eigenvalue weighted by molar-refractivity contribution is -0.422. The zero-order valence-corrected chi connectivity index (χ0v) is 19.4. The lowest BCUT2D eigenvalue weighted by atomic mass is 9.14. The van der Waals surface area contributed by atoms with Crippen molar-refractivity contribution in [3.63, 3.8) is 0 Å². The molecule has 8 saturated carbocycles.